The Bertz CT molecular complexity index is 500. The van der Waals surface area contributed by atoms with E-state index in [4.69, 9.17) is 0 Å². The first-order valence-corrected chi connectivity index (χ1v) is 10.0. The Morgan fingerprint density at radius 3 is 2.35 bits per heavy atom. The molecule has 4 rings (SSSR count). The zero-order valence-electron chi connectivity index (χ0n) is 15.2. The van der Waals surface area contributed by atoms with Crippen LogP contribution >= 0.6 is 0 Å². The Morgan fingerprint density at radius 2 is 1.61 bits per heavy atom. The SMILES string of the molecule is CC(=O)C1CC[C@H]2[C@@H]3CC[C@H]4C[C@@H](O)CC[C@]4(C)[C@H]3CC[C@@]12C. The van der Waals surface area contributed by atoms with E-state index >= 15 is 0 Å². The molecule has 4 fully saturated rings. The van der Waals surface area contributed by atoms with Crippen molar-refractivity contribution in [3.05, 3.63) is 0 Å². The van der Waals surface area contributed by atoms with Crippen molar-refractivity contribution in [1.82, 2.24) is 0 Å². The number of Topliss-reactive ketones (excluding diaryl/α,β-unsaturated/α-hetero) is 1. The highest BCUT2D eigenvalue weighted by Crippen LogP contribution is 2.67. The Hall–Kier alpha value is -0.370. The lowest BCUT2D eigenvalue weighted by molar-refractivity contribution is -0.138. The van der Waals surface area contributed by atoms with Gasteiger partial charge in [0.15, 0.2) is 0 Å². The third kappa shape index (κ3) is 2.19. The third-order valence-corrected chi connectivity index (χ3v) is 9.13. The van der Waals surface area contributed by atoms with E-state index in [1.54, 1.807) is 0 Å². The van der Waals surface area contributed by atoms with Crippen molar-refractivity contribution in [2.75, 3.05) is 0 Å². The van der Waals surface area contributed by atoms with Crippen molar-refractivity contribution in [3.63, 3.8) is 0 Å². The minimum atomic E-state index is -0.0490. The molecule has 2 nitrogen and oxygen atoms in total. The molecule has 0 amide bonds. The van der Waals surface area contributed by atoms with Crippen molar-refractivity contribution in [3.8, 4) is 0 Å². The van der Waals surface area contributed by atoms with E-state index in [0.717, 1.165) is 42.9 Å². The monoisotopic (exact) mass is 318 g/mol. The molecular weight excluding hydrogens is 284 g/mol. The smallest absolute Gasteiger partial charge is 0.133 e. The maximum absolute atomic E-state index is 12.2. The summed E-state index contributed by atoms with van der Waals surface area (Å²) in [7, 11) is 0. The van der Waals surface area contributed by atoms with E-state index < -0.39 is 0 Å². The number of aliphatic hydroxyl groups excluding tert-OH is 1. The average Bonchev–Trinajstić information content (AvgIpc) is 2.85. The van der Waals surface area contributed by atoms with E-state index in [1.807, 2.05) is 6.92 Å². The van der Waals surface area contributed by atoms with Crippen LogP contribution in [-0.2, 0) is 4.79 Å². The van der Waals surface area contributed by atoms with Gasteiger partial charge in [-0.1, -0.05) is 13.8 Å². The maximum atomic E-state index is 12.2. The summed E-state index contributed by atoms with van der Waals surface area (Å²) in [6.45, 7) is 6.80. The molecule has 8 atom stereocenters. The second kappa shape index (κ2) is 5.31. The third-order valence-electron chi connectivity index (χ3n) is 9.13. The van der Waals surface area contributed by atoms with E-state index in [2.05, 4.69) is 13.8 Å². The topological polar surface area (TPSA) is 37.3 Å². The number of ketones is 1. The fourth-order valence-electron chi connectivity index (χ4n) is 7.90. The van der Waals surface area contributed by atoms with Crippen LogP contribution in [0.3, 0.4) is 0 Å². The summed E-state index contributed by atoms with van der Waals surface area (Å²) < 4.78 is 0. The van der Waals surface area contributed by atoms with Crippen molar-refractivity contribution in [1.29, 1.82) is 0 Å². The molecule has 2 heteroatoms. The molecule has 1 N–H and O–H groups in total. The first-order chi connectivity index (χ1) is 10.9. The van der Waals surface area contributed by atoms with Crippen LogP contribution in [-0.4, -0.2) is 17.0 Å². The summed E-state index contributed by atoms with van der Waals surface area (Å²) in [6.07, 6.45) is 10.9. The fourth-order valence-corrected chi connectivity index (χ4v) is 7.90. The first-order valence-electron chi connectivity index (χ1n) is 10.0. The highest BCUT2D eigenvalue weighted by atomic mass is 16.3. The molecule has 0 radical (unpaired) electrons. The van der Waals surface area contributed by atoms with E-state index in [9.17, 15) is 9.90 Å². The molecule has 0 bridgehead atoms. The summed E-state index contributed by atoms with van der Waals surface area (Å²) in [4.78, 5) is 12.2. The predicted molar refractivity (Wildman–Crippen MR) is 91.9 cm³/mol. The van der Waals surface area contributed by atoms with Crippen LogP contribution in [0, 0.1) is 40.4 Å². The number of carbonyl (C=O) groups is 1. The molecule has 0 aliphatic heterocycles. The molecule has 4 aliphatic rings. The van der Waals surface area contributed by atoms with Crippen LogP contribution < -0.4 is 0 Å². The number of aliphatic hydroxyl groups is 1. The van der Waals surface area contributed by atoms with Gasteiger partial charge in [0.1, 0.15) is 5.78 Å². The summed E-state index contributed by atoms with van der Waals surface area (Å²) >= 11 is 0. The van der Waals surface area contributed by atoms with Crippen LogP contribution in [0.25, 0.3) is 0 Å². The molecule has 0 heterocycles. The Labute approximate surface area is 141 Å². The average molecular weight is 319 g/mol. The van der Waals surface area contributed by atoms with Gasteiger partial charge in [-0.05, 0) is 99.2 Å². The second-order valence-corrected chi connectivity index (χ2v) is 9.87. The number of hydrogen-bond donors (Lipinski definition) is 1. The molecule has 4 saturated carbocycles. The fraction of sp³-hybridized carbons (Fsp3) is 0.952. The molecule has 23 heavy (non-hydrogen) atoms. The molecule has 1 unspecified atom stereocenters. The van der Waals surface area contributed by atoms with Crippen molar-refractivity contribution < 1.29 is 9.90 Å². The van der Waals surface area contributed by atoms with Crippen LogP contribution in [0.15, 0.2) is 0 Å². The number of rotatable bonds is 1. The van der Waals surface area contributed by atoms with Gasteiger partial charge in [0.2, 0.25) is 0 Å². The maximum Gasteiger partial charge on any atom is 0.133 e. The Morgan fingerprint density at radius 1 is 0.913 bits per heavy atom. The Balaban J connectivity index is 1.61. The van der Waals surface area contributed by atoms with Gasteiger partial charge in [-0.3, -0.25) is 4.79 Å². The second-order valence-electron chi connectivity index (χ2n) is 9.87. The molecule has 4 aliphatic carbocycles. The lowest BCUT2D eigenvalue weighted by Gasteiger charge is -2.60. The van der Waals surface area contributed by atoms with Crippen LogP contribution in [0.5, 0.6) is 0 Å². The molecule has 0 spiro atoms. The van der Waals surface area contributed by atoms with Crippen LogP contribution in [0.4, 0.5) is 0 Å². The summed E-state index contributed by atoms with van der Waals surface area (Å²) in [5.74, 6) is 3.97. The van der Waals surface area contributed by atoms with Gasteiger partial charge in [-0.2, -0.15) is 0 Å². The number of fused-ring (bicyclic) bond motifs is 5. The molecule has 130 valence electrons. The van der Waals surface area contributed by atoms with Gasteiger partial charge >= 0.3 is 0 Å². The predicted octanol–water partition coefficient (Wildman–Crippen LogP) is 4.60. The van der Waals surface area contributed by atoms with Gasteiger partial charge in [0.05, 0.1) is 6.10 Å². The van der Waals surface area contributed by atoms with Crippen molar-refractivity contribution in [2.24, 2.45) is 40.4 Å². The quantitative estimate of drug-likeness (QED) is 0.767. The largest absolute Gasteiger partial charge is 0.393 e. The van der Waals surface area contributed by atoms with Crippen molar-refractivity contribution in [2.45, 2.75) is 84.7 Å². The molecule has 0 aromatic carbocycles. The van der Waals surface area contributed by atoms with Gasteiger partial charge in [-0.25, -0.2) is 0 Å². The summed E-state index contributed by atoms with van der Waals surface area (Å²) in [6, 6.07) is 0. The summed E-state index contributed by atoms with van der Waals surface area (Å²) in [5, 5.41) is 10.1. The van der Waals surface area contributed by atoms with Gasteiger partial charge in [0.25, 0.3) is 0 Å². The first kappa shape index (κ1) is 16.1. The normalized spacial score (nSPS) is 55.7. The number of hydrogen-bond acceptors (Lipinski definition) is 2. The Kier molecular flexibility index (Phi) is 3.72. The number of carbonyl (C=O) groups excluding carboxylic acids is 1. The van der Waals surface area contributed by atoms with Gasteiger partial charge in [-0.15, -0.1) is 0 Å². The van der Waals surface area contributed by atoms with Gasteiger partial charge in [0, 0.05) is 5.92 Å². The summed E-state index contributed by atoms with van der Waals surface area (Å²) in [5.41, 5.74) is 0.738. The minimum Gasteiger partial charge on any atom is -0.393 e. The minimum absolute atomic E-state index is 0.0490. The van der Waals surface area contributed by atoms with E-state index in [1.165, 1.54) is 38.5 Å². The molecule has 0 saturated heterocycles. The van der Waals surface area contributed by atoms with E-state index in [0.29, 0.717) is 17.1 Å². The molecule has 0 aromatic rings. The zero-order valence-corrected chi connectivity index (χ0v) is 15.2. The van der Waals surface area contributed by atoms with Crippen molar-refractivity contribution >= 4 is 5.78 Å². The van der Waals surface area contributed by atoms with E-state index in [-0.39, 0.29) is 11.5 Å². The lowest BCUT2D eigenvalue weighted by Crippen LogP contribution is -2.54. The molecular formula is C21H34O2. The zero-order chi connectivity index (χ0) is 16.4. The highest BCUT2D eigenvalue weighted by Gasteiger charge is 2.60. The molecule has 0 aromatic heterocycles. The van der Waals surface area contributed by atoms with Gasteiger partial charge < -0.3 is 5.11 Å². The van der Waals surface area contributed by atoms with Crippen LogP contribution in [0.2, 0.25) is 0 Å². The van der Waals surface area contributed by atoms with Crippen LogP contribution in [0.1, 0.15) is 78.6 Å². The standard InChI is InChI=1S/C21H34O2/c1-13(22)17-6-7-18-16-5-4-14-12-15(23)8-10-20(14,2)19(16)9-11-21(17,18)3/h14-19,23H,4-12H2,1-3H3/t14-,15-,16-,17?,18-,19-,20-,21-/m0/s1. The lowest BCUT2D eigenvalue weighted by atomic mass is 9.44. The highest BCUT2D eigenvalue weighted by molar-refractivity contribution is 5.79.